The number of nitriles is 1. The molecule has 0 heterocycles. The summed E-state index contributed by atoms with van der Waals surface area (Å²) in [4.78, 5) is 0. The maximum absolute atomic E-state index is 8.59. The van der Waals surface area contributed by atoms with E-state index in [0.29, 0.717) is 28.8 Å². The molecule has 0 unspecified atom stereocenters. The first-order valence-corrected chi connectivity index (χ1v) is 6.95. The van der Waals surface area contributed by atoms with Crippen LogP contribution in [0.1, 0.15) is 11.1 Å². The second-order valence-electron chi connectivity index (χ2n) is 4.47. The highest BCUT2D eigenvalue weighted by molar-refractivity contribution is 6.30. The van der Waals surface area contributed by atoms with Crippen molar-refractivity contribution in [2.24, 2.45) is 5.73 Å². The Morgan fingerprint density at radius 2 is 2.05 bits per heavy atom. The standard InChI is InChI=1S/C17H15ClN2O2/c1-21-17-9-13(11-20)4-5-16(17)22-15-8-12(3-2-6-19)7-14(18)10-15/h2-5,7-10H,11,20H2,1H3. The van der Waals surface area contributed by atoms with Crippen LogP contribution in [-0.2, 0) is 6.54 Å². The zero-order valence-corrected chi connectivity index (χ0v) is 12.8. The number of hydrogen-bond acceptors (Lipinski definition) is 4. The van der Waals surface area contributed by atoms with E-state index in [1.165, 1.54) is 6.08 Å². The van der Waals surface area contributed by atoms with Gasteiger partial charge in [0.1, 0.15) is 5.75 Å². The maximum Gasteiger partial charge on any atom is 0.169 e. The van der Waals surface area contributed by atoms with Crippen molar-refractivity contribution in [3.8, 4) is 23.3 Å². The number of halogens is 1. The van der Waals surface area contributed by atoms with Crippen molar-refractivity contribution in [3.05, 3.63) is 58.6 Å². The van der Waals surface area contributed by atoms with Crippen LogP contribution in [0.2, 0.25) is 5.02 Å². The third-order valence-corrected chi connectivity index (χ3v) is 3.15. The fourth-order valence-electron chi connectivity index (χ4n) is 1.92. The van der Waals surface area contributed by atoms with Crippen molar-refractivity contribution in [1.29, 1.82) is 5.26 Å². The van der Waals surface area contributed by atoms with Crippen molar-refractivity contribution in [3.63, 3.8) is 0 Å². The Morgan fingerprint density at radius 3 is 2.73 bits per heavy atom. The van der Waals surface area contributed by atoms with Gasteiger partial charge in [-0.1, -0.05) is 17.7 Å². The van der Waals surface area contributed by atoms with E-state index in [1.54, 1.807) is 37.5 Å². The first-order chi connectivity index (χ1) is 10.7. The van der Waals surface area contributed by atoms with E-state index in [4.69, 9.17) is 32.1 Å². The normalized spacial score (nSPS) is 10.5. The molecule has 0 saturated carbocycles. The van der Waals surface area contributed by atoms with Crippen LogP contribution in [0, 0.1) is 11.3 Å². The number of methoxy groups -OCH3 is 1. The van der Waals surface area contributed by atoms with Gasteiger partial charge in [-0.05, 0) is 47.5 Å². The minimum absolute atomic E-state index is 0.427. The van der Waals surface area contributed by atoms with Crippen molar-refractivity contribution in [2.45, 2.75) is 6.54 Å². The molecule has 0 saturated heterocycles. The molecule has 0 fully saturated rings. The van der Waals surface area contributed by atoms with E-state index in [9.17, 15) is 0 Å². The van der Waals surface area contributed by atoms with Gasteiger partial charge in [0.2, 0.25) is 0 Å². The van der Waals surface area contributed by atoms with E-state index in [2.05, 4.69) is 0 Å². The van der Waals surface area contributed by atoms with Gasteiger partial charge in [0.15, 0.2) is 11.5 Å². The highest BCUT2D eigenvalue weighted by Crippen LogP contribution is 2.34. The van der Waals surface area contributed by atoms with Crippen LogP contribution in [0.25, 0.3) is 6.08 Å². The lowest BCUT2D eigenvalue weighted by molar-refractivity contribution is 0.378. The lowest BCUT2D eigenvalue weighted by Gasteiger charge is -2.12. The van der Waals surface area contributed by atoms with Crippen LogP contribution in [0.5, 0.6) is 17.2 Å². The third kappa shape index (κ3) is 4.01. The van der Waals surface area contributed by atoms with Crippen molar-refractivity contribution < 1.29 is 9.47 Å². The molecular formula is C17H15ClN2O2. The number of nitrogens with zero attached hydrogens (tertiary/aromatic N) is 1. The zero-order valence-electron chi connectivity index (χ0n) is 12.0. The van der Waals surface area contributed by atoms with Gasteiger partial charge in [-0.15, -0.1) is 0 Å². The Balaban J connectivity index is 2.33. The largest absolute Gasteiger partial charge is 0.493 e. The Kier molecular flexibility index (Phi) is 5.42. The second-order valence-corrected chi connectivity index (χ2v) is 4.91. The highest BCUT2D eigenvalue weighted by Gasteiger charge is 2.08. The molecular weight excluding hydrogens is 300 g/mol. The molecule has 0 spiro atoms. The quantitative estimate of drug-likeness (QED) is 0.842. The van der Waals surface area contributed by atoms with Gasteiger partial charge < -0.3 is 15.2 Å². The molecule has 0 aliphatic rings. The van der Waals surface area contributed by atoms with Crippen molar-refractivity contribution >= 4 is 17.7 Å². The van der Waals surface area contributed by atoms with E-state index in [-0.39, 0.29) is 0 Å². The lowest BCUT2D eigenvalue weighted by Crippen LogP contribution is -1.98. The first kappa shape index (κ1) is 15.9. The summed E-state index contributed by atoms with van der Waals surface area (Å²) in [6.45, 7) is 0.427. The molecule has 112 valence electrons. The van der Waals surface area contributed by atoms with Gasteiger partial charge in [-0.2, -0.15) is 5.26 Å². The van der Waals surface area contributed by atoms with E-state index in [1.807, 2.05) is 18.2 Å². The molecule has 0 amide bonds. The van der Waals surface area contributed by atoms with Gasteiger partial charge >= 0.3 is 0 Å². The minimum Gasteiger partial charge on any atom is -0.493 e. The monoisotopic (exact) mass is 314 g/mol. The fraction of sp³-hybridized carbons (Fsp3) is 0.118. The van der Waals surface area contributed by atoms with Gasteiger partial charge in [0, 0.05) is 17.6 Å². The first-order valence-electron chi connectivity index (χ1n) is 6.58. The van der Waals surface area contributed by atoms with Crippen LogP contribution in [0.4, 0.5) is 0 Å². The molecule has 0 radical (unpaired) electrons. The number of benzene rings is 2. The topological polar surface area (TPSA) is 68.3 Å². The van der Waals surface area contributed by atoms with Gasteiger partial charge in [-0.25, -0.2) is 0 Å². The average Bonchev–Trinajstić information content (AvgIpc) is 2.52. The van der Waals surface area contributed by atoms with E-state index < -0.39 is 0 Å². The van der Waals surface area contributed by atoms with Crippen LogP contribution in [0.3, 0.4) is 0 Å². The number of allylic oxidation sites excluding steroid dienone is 1. The van der Waals surface area contributed by atoms with E-state index in [0.717, 1.165) is 11.1 Å². The van der Waals surface area contributed by atoms with Gasteiger partial charge in [-0.3, -0.25) is 0 Å². The van der Waals surface area contributed by atoms with Gasteiger partial charge in [0.25, 0.3) is 0 Å². The Morgan fingerprint density at radius 1 is 1.23 bits per heavy atom. The lowest BCUT2D eigenvalue weighted by atomic mass is 10.2. The van der Waals surface area contributed by atoms with Gasteiger partial charge in [0.05, 0.1) is 13.2 Å². The molecule has 2 N–H and O–H groups in total. The summed E-state index contributed by atoms with van der Waals surface area (Å²) in [5.41, 5.74) is 7.35. The molecule has 0 aromatic heterocycles. The summed E-state index contributed by atoms with van der Waals surface area (Å²) in [6.07, 6.45) is 3.04. The van der Waals surface area contributed by atoms with Crippen molar-refractivity contribution in [2.75, 3.05) is 7.11 Å². The molecule has 22 heavy (non-hydrogen) atoms. The second kappa shape index (κ2) is 7.51. The van der Waals surface area contributed by atoms with Crippen LogP contribution < -0.4 is 15.2 Å². The smallest absolute Gasteiger partial charge is 0.169 e. The van der Waals surface area contributed by atoms with Crippen LogP contribution in [0.15, 0.2) is 42.5 Å². The summed E-state index contributed by atoms with van der Waals surface area (Å²) >= 11 is 6.07. The molecule has 4 nitrogen and oxygen atoms in total. The Labute approximate surface area is 134 Å². The fourth-order valence-corrected chi connectivity index (χ4v) is 2.16. The summed E-state index contributed by atoms with van der Waals surface area (Å²) in [5.74, 6) is 1.72. The molecule has 0 aliphatic carbocycles. The molecule has 0 aliphatic heterocycles. The number of ether oxygens (including phenoxy) is 2. The summed E-state index contributed by atoms with van der Waals surface area (Å²) in [6, 6.07) is 12.7. The highest BCUT2D eigenvalue weighted by atomic mass is 35.5. The molecule has 0 atom stereocenters. The number of rotatable bonds is 5. The van der Waals surface area contributed by atoms with Crippen LogP contribution >= 0.6 is 11.6 Å². The summed E-state index contributed by atoms with van der Waals surface area (Å²) in [5, 5.41) is 9.11. The number of nitrogens with two attached hydrogens (primary N) is 1. The minimum atomic E-state index is 0.427. The average molecular weight is 315 g/mol. The number of hydrogen-bond donors (Lipinski definition) is 1. The van der Waals surface area contributed by atoms with Crippen LogP contribution in [-0.4, -0.2) is 7.11 Å². The molecule has 2 aromatic carbocycles. The third-order valence-electron chi connectivity index (χ3n) is 2.94. The Hall–Kier alpha value is -2.48. The van der Waals surface area contributed by atoms with Crippen molar-refractivity contribution in [1.82, 2.24) is 0 Å². The SMILES string of the molecule is COc1cc(CN)ccc1Oc1cc(Cl)cc(C=CC#N)c1. The summed E-state index contributed by atoms with van der Waals surface area (Å²) in [7, 11) is 1.57. The maximum atomic E-state index is 8.59. The molecule has 0 bridgehead atoms. The molecule has 5 heteroatoms. The zero-order chi connectivity index (χ0) is 15.9. The predicted octanol–water partition coefficient (Wildman–Crippen LogP) is 4.14. The predicted molar refractivity (Wildman–Crippen MR) is 87.1 cm³/mol. The molecule has 2 aromatic rings. The van der Waals surface area contributed by atoms with E-state index >= 15 is 0 Å². The summed E-state index contributed by atoms with van der Waals surface area (Å²) < 4.78 is 11.1. The Bertz CT molecular complexity index is 736. The molecule has 2 rings (SSSR count).